The van der Waals surface area contributed by atoms with Crippen molar-refractivity contribution >= 4 is 0 Å². The van der Waals surface area contributed by atoms with E-state index in [-0.39, 0.29) is 0 Å². The van der Waals surface area contributed by atoms with Crippen LogP contribution in [0.4, 0.5) is 0 Å². The molecule has 0 bridgehead atoms. The summed E-state index contributed by atoms with van der Waals surface area (Å²) < 4.78 is 5.28. The second kappa shape index (κ2) is 7.63. The van der Waals surface area contributed by atoms with Gasteiger partial charge in [0, 0.05) is 0 Å². The molecule has 0 aromatic heterocycles. The molecule has 2 atom stereocenters. The highest BCUT2D eigenvalue weighted by Crippen LogP contribution is 2.07. The van der Waals surface area contributed by atoms with Gasteiger partial charge >= 0.3 is 0 Å². The number of hydrogen-bond donors (Lipinski definition) is 2. The molecule has 0 aliphatic rings. The minimum Gasteiger partial charge on any atom is -0.389 e. The first-order valence-corrected chi connectivity index (χ1v) is 5.32. The molecule has 0 aliphatic carbocycles. The van der Waals surface area contributed by atoms with E-state index in [2.05, 4.69) is 13.2 Å². The molecule has 2 unspecified atom stereocenters. The van der Waals surface area contributed by atoms with Gasteiger partial charge in [0.1, 0.15) is 0 Å². The predicted molar refractivity (Wildman–Crippen MR) is 61.7 cm³/mol. The summed E-state index contributed by atoms with van der Waals surface area (Å²) in [5.74, 6) is 0. The van der Waals surface area contributed by atoms with Crippen molar-refractivity contribution < 1.29 is 14.9 Å². The molecule has 0 saturated carbocycles. The van der Waals surface area contributed by atoms with Crippen LogP contribution in [-0.4, -0.2) is 35.6 Å². The van der Waals surface area contributed by atoms with Gasteiger partial charge in [-0.2, -0.15) is 0 Å². The summed E-state index contributed by atoms with van der Waals surface area (Å²) in [6, 6.07) is 0. The van der Waals surface area contributed by atoms with Crippen molar-refractivity contribution in [2.24, 2.45) is 0 Å². The highest BCUT2D eigenvalue weighted by Gasteiger charge is 2.08. The molecule has 0 radical (unpaired) electrons. The standard InChI is InChI=1S/C12H22O3/c1-5-11(13)9(3)7-15-8-10(4)12(14)6-2/h11-14H,3-8H2,1-2H3. The lowest BCUT2D eigenvalue weighted by molar-refractivity contribution is 0.121. The summed E-state index contributed by atoms with van der Waals surface area (Å²) in [6.45, 7) is 11.8. The van der Waals surface area contributed by atoms with Crippen molar-refractivity contribution in [1.82, 2.24) is 0 Å². The third-order valence-corrected chi connectivity index (χ3v) is 2.29. The lowest BCUT2D eigenvalue weighted by atomic mass is 10.1. The molecule has 3 nitrogen and oxygen atoms in total. The summed E-state index contributed by atoms with van der Waals surface area (Å²) in [7, 11) is 0. The quantitative estimate of drug-likeness (QED) is 0.604. The van der Waals surface area contributed by atoms with Crippen molar-refractivity contribution in [3.63, 3.8) is 0 Å². The van der Waals surface area contributed by atoms with E-state index in [1.165, 1.54) is 0 Å². The third-order valence-electron chi connectivity index (χ3n) is 2.29. The average Bonchev–Trinajstić information content (AvgIpc) is 2.26. The Kier molecular flexibility index (Phi) is 7.30. The molecule has 2 N–H and O–H groups in total. The van der Waals surface area contributed by atoms with E-state index in [4.69, 9.17) is 4.74 Å². The van der Waals surface area contributed by atoms with Crippen molar-refractivity contribution in [3.05, 3.63) is 24.3 Å². The molecule has 0 spiro atoms. The molecule has 0 aromatic rings. The predicted octanol–water partition coefficient (Wildman–Crippen LogP) is 1.66. The average molecular weight is 214 g/mol. The van der Waals surface area contributed by atoms with Crippen molar-refractivity contribution in [2.75, 3.05) is 13.2 Å². The van der Waals surface area contributed by atoms with Crippen LogP contribution >= 0.6 is 0 Å². The zero-order valence-corrected chi connectivity index (χ0v) is 9.70. The summed E-state index contributed by atoms with van der Waals surface area (Å²) in [6.07, 6.45) is 0.269. The Morgan fingerprint density at radius 2 is 1.33 bits per heavy atom. The van der Waals surface area contributed by atoms with Crippen molar-refractivity contribution in [1.29, 1.82) is 0 Å². The van der Waals surface area contributed by atoms with Gasteiger partial charge in [0.05, 0.1) is 25.4 Å². The first-order chi connectivity index (χ1) is 7.02. The minimum atomic E-state index is -0.505. The van der Waals surface area contributed by atoms with E-state index in [1.54, 1.807) is 0 Å². The molecule has 0 aromatic carbocycles. The molecule has 0 fully saturated rings. The molecule has 15 heavy (non-hydrogen) atoms. The van der Waals surface area contributed by atoms with Gasteiger partial charge in [-0.3, -0.25) is 0 Å². The van der Waals surface area contributed by atoms with Crippen LogP contribution in [0.2, 0.25) is 0 Å². The van der Waals surface area contributed by atoms with E-state index < -0.39 is 12.2 Å². The Balaban J connectivity index is 3.70. The second-order valence-corrected chi connectivity index (χ2v) is 3.66. The molecule has 3 heteroatoms. The lowest BCUT2D eigenvalue weighted by Gasteiger charge is -2.14. The molecule has 0 amide bonds. The Bertz CT molecular complexity index is 189. The van der Waals surface area contributed by atoms with E-state index in [9.17, 15) is 10.2 Å². The van der Waals surface area contributed by atoms with Crippen LogP contribution < -0.4 is 0 Å². The van der Waals surface area contributed by atoms with Crippen LogP contribution in [0, 0.1) is 0 Å². The number of hydrogen-bond acceptors (Lipinski definition) is 3. The Hall–Kier alpha value is -0.640. The van der Waals surface area contributed by atoms with E-state index in [0.29, 0.717) is 37.2 Å². The van der Waals surface area contributed by atoms with Crippen LogP contribution in [0.3, 0.4) is 0 Å². The smallest absolute Gasteiger partial charge is 0.0767 e. The number of aliphatic hydroxyl groups excluding tert-OH is 2. The molecular weight excluding hydrogens is 192 g/mol. The van der Waals surface area contributed by atoms with Crippen LogP contribution in [0.15, 0.2) is 24.3 Å². The number of ether oxygens (including phenoxy) is 1. The van der Waals surface area contributed by atoms with E-state index in [0.717, 1.165) is 0 Å². The van der Waals surface area contributed by atoms with Gasteiger partial charge in [0.15, 0.2) is 0 Å². The second-order valence-electron chi connectivity index (χ2n) is 3.66. The zero-order chi connectivity index (χ0) is 11.8. The Morgan fingerprint density at radius 3 is 1.60 bits per heavy atom. The zero-order valence-electron chi connectivity index (χ0n) is 9.70. The Morgan fingerprint density at radius 1 is 1.00 bits per heavy atom. The summed E-state index contributed by atoms with van der Waals surface area (Å²) in [5, 5.41) is 18.8. The van der Waals surface area contributed by atoms with Gasteiger partial charge in [-0.05, 0) is 24.0 Å². The van der Waals surface area contributed by atoms with Gasteiger partial charge in [0.25, 0.3) is 0 Å². The van der Waals surface area contributed by atoms with Gasteiger partial charge in [-0.1, -0.05) is 27.0 Å². The van der Waals surface area contributed by atoms with Gasteiger partial charge in [-0.15, -0.1) is 0 Å². The summed E-state index contributed by atoms with van der Waals surface area (Å²) >= 11 is 0. The van der Waals surface area contributed by atoms with Gasteiger partial charge < -0.3 is 14.9 Å². The molecular formula is C12H22O3. The first-order valence-electron chi connectivity index (χ1n) is 5.32. The SMILES string of the molecule is C=C(COCC(=C)C(O)CC)C(O)CC. The van der Waals surface area contributed by atoms with Gasteiger partial charge in [-0.25, -0.2) is 0 Å². The maximum atomic E-state index is 9.40. The lowest BCUT2D eigenvalue weighted by Crippen LogP contribution is -2.17. The fourth-order valence-corrected chi connectivity index (χ4v) is 1.08. The molecule has 0 heterocycles. The highest BCUT2D eigenvalue weighted by atomic mass is 16.5. The van der Waals surface area contributed by atoms with E-state index in [1.807, 2.05) is 13.8 Å². The summed E-state index contributed by atoms with van der Waals surface area (Å²) in [4.78, 5) is 0. The van der Waals surface area contributed by atoms with Crippen molar-refractivity contribution in [2.45, 2.75) is 38.9 Å². The van der Waals surface area contributed by atoms with Crippen LogP contribution in [0.1, 0.15) is 26.7 Å². The fraction of sp³-hybridized carbons (Fsp3) is 0.667. The largest absolute Gasteiger partial charge is 0.389 e. The van der Waals surface area contributed by atoms with Crippen molar-refractivity contribution in [3.8, 4) is 0 Å². The molecule has 0 rings (SSSR count). The monoisotopic (exact) mass is 214 g/mol. The highest BCUT2D eigenvalue weighted by molar-refractivity contribution is 5.04. The Labute approximate surface area is 92.1 Å². The first kappa shape index (κ1) is 14.4. The van der Waals surface area contributed by atoms with Crippen LogP contribution in [0.25, 0.3) is 0 Å². The van der Waals surface area contributed by atoms with Crippen LogP contribution in [0.5, 0.6) is 0 Å². The van der Waals surface area contributed by atoms with E-state index >= 15 is 0 Å². The fourth-order valence-electron chi connectivity index (χ4n) is 1.08. The minimum absolute atomic E-state index is 0.310. The molecule has 88 valence electrons. The number of rotatable bonds is 8. The maximum Gasteiger partial charge on any atom is 0.0767 e. The normalized spacial score (nSPS) is 14.7. The van der Waals surface area contributed by atoms with Gasteiger partial charge in [0.2, 0.25) is 0 Å². The van der Waals surface area contributed by atoms with Crippen LogP contribution in [-0.2, 0) is 4.74 Å². The molecule has 0 saturated heterocycles. The summed E-state index contributed by atoms with van der Waals surface area (Å²) in [5.41, 5.74) is 1.33. The topological polar surface area (TPSA) is 49.7 Å². The molecule has 0 aliphatic heterocycles. The third kappa shape index (κ3) is 5.72. The number of aliphatic hydroxyl groups is 2. The maximum absolute atomic E-state index is 9.40.